The molecule has 4 rings (SSSR count). The molecule has 0 atom stereocenters. The van der Waals surface area contributed by atoms with Crippen molar-refractivity contribution in [1.82, 2.24) is 18.0 Å². The number of anilines is 3. The van der Waals surface area contributed by atoms with Crippen LogP contribution in [0.25, 0.3) is 0 Å². The van der Waals surface area contributed by atoms with Crippen LogP contribution < -0.4 is 10.6 Å². The number of likely N-dealkylation sites (N-methyl/N-ethyl adjacent to an activating group) is 1. The second kappa shape index (κ2) is 14.3. The summed E-state index contributed by atoms with van der Waals surface area (Å²) < 4.78 is 41.3. The summed E-state index contributed by atoms with van der Waals surface area (Å²) in [6.07, 6.45) is 11.0. The number of rotatable bonds is 8. The molecule has 37 heavy (non-hydrogen) atoms. The minimum atomic E-state index is -3.76. The molecule has 1 aliphatic heterocycles. The third-order valence-corrected chi connectivity index (χ3v) is 9.20. The van der Waals surface area contributed by atoms with Crippen LogP contribution >= 0.6 is 23.1 Å². The number of piperazine rings is 1. The molecule has 0 spiro atoms. The molecule has 0 radical (unpaired) electrons. The third-order valence-electron chi connectivity index (χ3n) is 5.28. The highest BCUT2D eigenvalue weighted by Gasteiger charge is 2.32. The van der Waals surface area contributed by atoms with E-state index in [4.69, 9.17) is 4.42 Å². The SMILES string of the molecule is C#C.CC(C)c1coc(CNc2nsnc2Nc2csc(S(=O)(=O)N3CCN(C)CC3)c2O)c1.CCC. The van der Waals surface area contributed by atoms with Crippen molar-refractivity contribution in [3.8, 4) is 18.6 Å². The normalized spacial score (nSPS) is 14.4. The Kier molecular flexibility index (Phi) is 11.9. The molecule has 13 heteroatoms. The van der Waals surface area contributed by atoms with E-state index in [-0.39, 0.29) is 15.6 Å². The third kappa shape index (κ3) is 7.93. The van der Waals surface area contributed by atoms with E-state index >= 15 is 0 Å². The summed E-state index contributed by atoms with van der Waals surface area (Å²) in [5, 5.41) is 18.4. The number of furan rings is 1. The topological polar surface area (TPSA) is 124 Å². The maximum absolute atomic E-state index is 13.0. The lowest BCUT2D eigenvalue weighted by atomic mass is 10.1. The summed E-state index contributed by atoms with van der Waals surface area (Å²) in [4.78, 5) is 2.07. The number of sulfonamides is 1. The van der Waals surface area contributed by atoms with Gasteiger partial charge < -0.3 is 25.1 Å². The molecular formula is C24H36N6O4S3. The highest BCUT2D eigenvalue weighted by molar-refractivity contribution is 7.91. The van der Waals surface area contributed by atoms with E-state index < -0.39 is 10.0 Å². The first-order valence-corrected chi connectivity index (χ1v) is 15.0. The maximum atomic E-state index is 13.0. The Hall–Kier alpha value is -2.63. The smallest absolute Gasteiger partial charge is 0.256 e. The number of hydrogen-bond donors (Lipinski definition) is 3. The molecule has 1 saturated heterocycles. The molecule has 10 nitrogen and oxygen atoms in total. The highest BCUT2D eigenvalue weighted by Crippen LogP contribution is 2.41. The van der Waals surface area contributed by atoms with Crippen molar-refractivity contribution in [1.29, 1.82) is 0 Å². The van der Waals surface area contributed by atoms with Gasteiger partial charge in [-0.05, 0) is 24.6 Å². The highest BCUT2D eigenvalue weighted by atomic mass is 32.2. The Morgan fingerprint density at radius 1 is 1.16 bits per heavy atom. The first kappa shape index (κ1) is 30.6. The fourth-order valence-corrected chi connectivity index (χ4v) is 6.51. The van der Waals surface area contributed by atoms with Crippen LogP contribution in [-0.2, 0) is 16.6 Å². The maximum Gasteiger partial charge on any atom is 0.256 e. The van der Waals surface area contributed by atoms with Gasteiger partial charge in [-0.1, -0.05) is 34.1 Å². The Morgan fingerprint density at radius 2 is 1.78 bits per heavy atom. The first-order chi connectivity index (χ1) is 17.7. The lowest BCUT2D eigenvalue weighted by Gasteiger charge is -2.31. The molecule has 0 amide bonds. The number of aromatic hydroxyl groups is 1. The van der Waals surface area contributed by atoms with E-state index in [9.17, 15) is 13.5 Å². The summed E-state index contributed by atoms with van der Waals surface area (Å²) >= 11 is 1.99. The van der Waals surface area contributed by atoms with Gasteiger partial charge in [-0.2, -0.15) is 13.1 Å². The molecule has 3 aromatic heterocycles. The van der Waals surface area contributed by atoms with Gasteiger partial charge in [0.25, 0.3) is 10.0 Å². The number of aromatic nitrogens is 2. The van der Waals surface area contributed by atoms with Crippen molar-refractivity contribution in [3.05, 3.63) is 29.0 Å². The van der Waals surface area contributed by atoms with Crippen LogP contribution in [0.2, 0.25) is 0 Å². The van der Waals surface area contributed by atoms with Gasteiger partial charge in [-0.15, -0.1) is 24.2 Å². The van der Waals surface area contributed by atoms with Crippen LogP contribution in [0.15, 0.2) is 26.3 Å². The van der Waals surface area contributed by atoms with E-state index in [0.717, 1.165) is 34.4 Å². The molecule has 1 aliphatic rings. The van der Waals surface area contributed by atoms with E-state index in [2.05, 4.69) is 64.8 Å². The van der Waals surface area contributed by atoms with Gasteiger partial charge >= 0.3 is 0 Å². The fraction of sp³-hybridized carbons (Fsp3) is 0.500. The van der Waals surface area contributed by atoms with Crippen molar-refractivity contribution in [2.45, 2.75) is 50.8 Å². The molecule has 0 aliphatic carbocycles. The van der Waals surface area contributed by atoms with Crippen molar-refractivity contribution in [3.63, 3.8) is 0 Å². The first-order valence-electron chi connectivity index (χ1n) is 11.9. The Balaban J connectivity index is 0.000000898. The summed E-state index contributed by atoms with van der Waals surface area (Å²) in [7, 11) is -1.81. The number of nitrogens with one attached hydrogen (secondary N) is 2. The molecule has 0 saturated carbocycles. The molecule has 1 fully saturated rings. The van der Waals surface area contributed by atoms with Crippen molar-refractivity contribution < 1.29 is 17.9 Å². The Labute approximate surface area is 228 Å². The monoisotopic (exact) mass is 568 g/mol. The summed E-state index contributed by atoms with van der Waals surface area (Å²) in [6, 6.07) is 1.99. The minimum absolute atomic E-state index is 0.0703. The predicted molar refractivity (Wildman–Crippen MR) is 151 cm³/mol. The lowest BCUT2D eigenvalue weighted by Crippen LogP contribution is -2.46. The van der Waals surface area contributed by atoms with Crippen molar-refractivity contribution in [2.75, 3.05) is 43.9 Å². The van der Waals surface area contributed by atoms with Crippen molar-refractivity contribution >= 4 is 50.4 Å². The van der Waals surface area contributed by atoms with Crippen LogP contribution in [-0.4, -0.2) is 64.7 Å². The van der Waals surface area contributed by atoms with Crippen LogP contribution in [0, 0.1) is 12.8 Å². The van der Waals surface area contributed by atoms with Gasteiger partial charge in [0.1, 0.15) is 5.76 Å². The van der Waals surface area contributed by atoms with Gasteiger partial charge in [0.15, 0.2) is 21.6 Å². The largest absolute Gasteiger partial charge is 0.504 e. The van der Waals surface area contributed by atoms with E-state index in [1.54, 1.807) is 11.6 Å². The number of hydrogen-bond acceptors (Lipinski definition) is 11. The Morgan fingerprint density at radius 3 is 2.38 bits per heavy atom. The second-order valence-electron chi connectivity index (χ2n) is 8.64. The number of nitrogens with zero attached hydrogens (tertiary/aromatic N) is 4. The van der Waals surface area contributed by atoms with Gasteiger partial charge in [-0.25, -0.2) is 8.42 Å². The van der Waals surface area contributed by atoms with Crippen molar-refractivity contribution in [2.24, 2.45) is 0 Å². The standard InChI is InChI=1S/C19H26N6O4S3.C3H8.C2H2/c1-12(2)13-8-14(29-10-13)9-20-17-18(23-31-22-17)21-15-11-30-19(16(15)26)32(27,28)25-6-4-24(3)5-7-25;1-3-2;1-2/h8,10-12,26H,4-7,9H2,1-3H3,(H,20,22)(H,21,23);3H2,1-2H3;1-2H. The van der Waals surface area contributed by atoms with Gasteiger partial charge in [0.2, 0.25) is 0 Å². The van der Waals surface area contributed by atoms with E-state index in [1.807, 2.05) is 13.1 Å². The number of terminal acetylenes is 1. The average Bonchev–Trinajstić information content (AvgIpc) is 3.61. The quantitative estimate of drug-likeness (QED) is 0.323. The van der Waals surface area contributed by atoms with E-state index in [1.165, 1.54) is 10.7 Å². The van der Waals surface area contributed by atoms with Gasteiger partial charge in [0, 0.05) is 31.6 Å². The van der Waals surface area contributed by atoms with Crippen LogP contribution in [0.4, 0.5) is 17.3 Å². The number of thiophene rings is 1. The second-order valence-corrected chi connectivity index (χ2v) is 12.2. The average molecular weight is 569 g/mol. The zero-order valence-corrected chi connectivity index (χ0v) is 24.3. The zero-order chi connectivity index (χ0) is 27.6. The molecule has 4 heterocycles. The van der Waals surface area contributed by atoms with Crippen LogP contribution in [0.5, 0.6) is 5.75 Å². The minimum Gasteiger partial charge on any atom is -0.504 e. The zero-order valence-electron chi connectivity index (χ0n) is 21.9. The van der Waals surface area contributed by atoms with E-state index in [0.29, 0.717) is 50.3 Å². The predicted octanol–water partition coefficient (Wildman–Crippen LogP) is 4.98. The van der Waals surface area contributed by atoms with Gasteiger partial charge in [0.05, 0.1) is 30.2 Å². The summed E-state index contributed by atoms with van der Waals surface area (Å²) in [5.41, 5.74) is 1.40. The molecule has 3 aromatic rings. The lowest BCUT2D eigenvalue weighted by molar-refractivity contribution is 0.222. The molecular weight excluding hydrogens is 533 g/mol. The fourth-order valence-electron chi connectivity index (χ4n) is 3.23. The summed E-state index contributed by atoms with van der Waals surface area (Å²) in [5.74, 6) is 1.74. The van der Waals surface area contributed by atoms with Crippen LogP contribution in [0.1, 0.15) is 51.4 Å². The molecule has 204 valence electrons. The Bertz CT molecular complexity index is 1220. The molecule has 3 N–H and O–H groups in total. The summed E-state index contributed by atoms with van der Waals surface area (Å²) in [6.45, 7) is 11.0. The molecule has 0 aromatic carbocycles. The molecule has 0 bridgehead atoms. The van der Waals surface area contributed by atoms with Gasteiger partial charge in [-0.3, -0.25) is 0 Å². The molecule has 0 unspecified atom stereocenters. The van der Waals surface area contributed by atoms with Crippen LogP contribution in [0.3, 0.4) is 0 Å².